The van der Waals surface area contributed by atoms with E-state index in [4.69, 9.17) is 9.84 Å². The van der Waals surface area contributed by atoms with Crippen LogP contribution in [0.4, 0.5) is 0 Å². The molecule has 1 N–H and O–H groups in total. The Kier molecular flexibility index (Phi) is 6.34. The van der Waals surface area contributed by atoms with Crippen LogP contribution in [0.2, 0.25) is 0 Å². The van der Waals surface area contributed by atoms with Crippen molar-refractivity contribution in [2.24, 2.45) is 0 Å². The second-order valence-corrected chi connectivity index (χ2v) is 3.32. The standard InChI is InChI=1S/C8H17NO.CH4O/c1-7-6-8(9(2)3)4-5-10-7;1-2/h7-8H,4-6H2,1-3H3;2H,1H3/t7-,8-;/m1./s1. The van der Waals surface area contributed by atoms with Gasteiger partial charge in [0.05, 0.1) is 6.10 Å². The Balaban J connectivity index is 0.000000561. The van der Waals surface area contributed by atoms with E-state index in [1.807, 2.05) is 0 Å². The Hall–Kier alpha value is -0.120. The molecule has 1 heterocycles. The van der Waals surface area contributed by atoms with Gasteiger partial charge in [0, 0.05) is 19.8 Å². The molecule has 1 fully saturated rings. The summed E-state index contributed by atoms with van der Waals surface area (Å²) in [7, 11) is 5.28. The number of aliphatic hydroxyl groups is 1. The molecule has 1 aliphatic rings. The van der Waals surface area contributed by atoms with Gasteiger partial charge in [-0.3, -0.25) is 0 Å². The lowest BCUT2D eigenvalue weighted by atomic mass is 10.0. The lowest BCUT2D eigenvalue weighted by Gasteiger charge is -2.31. The number of hydrogen-bond acceptors (Lipinski definition) is 3. The molecule has 12 heavy (non-hydrogen) atoms. The van der Waals surface area contributed by atoms with E-state index in [9.17, 15) is 0 Å². The fourth-order valence-electron chi connectivity index (χ4n) is 1.44. The molecular weight excluding hydrogens is 154 g/mol. The summed E-state index contributed by atoms with van der Waals surface area (Å²) in [5.74, 6) is 0. The monoisotopic (exact) mass is 175 g/mol. The van der Waals surface area contributed by atoms with Crippen LogP contribution >= 0.6 is 0 Å². The number of hydrogen-bond donors (Lipinski definition) is 1. The minimum Gasteiger partial charge on any atom is -0.400 e. The molecular formula is C9H21NO2. The molecule has 0 spiro atoms. The molecule has 0 bridgehead atoms. The Bertz CT molecular complexity index is 107. The van der Waals surface area contributed by atoms with Crippen LogP contribution in [0.1, 0.15) is 19.8 Å². The number of rotatable bonds is 1. The molecule has 0 aromatic carbocycles. The van der Waals surface area contributed by atoms with Crippen molar-refractivity contribution in [2.75, 3.05) is 27.8 Å². The van der Waals surface area contributed by atoms with Crippen LogP contribution in [0.3, 0.4) is 0 Å². The predicted octanol–water partition coefficient (Wildman–Crippen LogP) is 0.724. The van der Waals surface area contributed by atoms with Gasteiger partial charge in [-0.05, 0) is 33.9 Å². The summed E-state index contributed by atoms with van der Waals surface area (Å²) in [6, 6.07) is 0.740. The van der Waals surface area contributed by atoms with Gasteiger partial charge in [-0.25, -0.2) is 0 Å². The van der Waals surface area contributed by atoms with Crippen molar-refractivity contribution in [3.63, 3.8) is 0 Å². The Morgan fingerprint density at radius 1 is 1.33 bits per heavy atom. The molecule has 0 radical (unpaired) electrons. The van der Waals surface area contributed by atoms with E-state index in [0.717, 1.165) is 19.8 Å². The zero-order valence-electron chi connectivity index (χ0n) is 8.58. The number of nitrogens with zero attached hydrogens (tertiary/aromatic N) is 1. The highest BCUT2D eigenvalue weighted by atomic mass is 16.5. The van der Waals surface area contributed by atoms with Crippen molar-refractivity contribution in [1.82, 2.24) is 4.90 Å². The van der Waals surface area contributed by atoms with Crippen LogP contribution in [0.15, 0.2) is 0 Å². The molecule has 0 amide bonds. The van der Waals surface area contributed by atoms with Gasteiger partial charge in [0.25, 0.3) is 0 Å². The van der Waals surface area contributed by atoms with E-state index in [1.54, 1.807) is 0 Å². The fourth-order valence-corrected chi connectivity index (χ4v) is 1.44. The summed E-state index contributed by atoms with van der Waals surface area (Å²) in [5.41, 5.74) is 0. The average Bonchev–Trinajstić information content (AvgIpc) is 2.08. The maximum absolute atomic E-state index is 7.00. The van der Waals surface area contributed by atoms with Gasteiger partial charge in [-0.1, -0.05) is 0 Å². The van der Waals surface area contributed by atoms with Crippen LogP contribution in [-0.2, 0) is 4.74 Å². The largest absolute Gasteiger partial charge is 0.400 e. The summed E-state index contributed by atoms with van der Waals surface area (Å²) in [5, 5.41) is 7.00. The predicted molar refractivity (Wildman–Crippen MR) is 50.3 cm³/mol. The maximum Gasteiger partial charge on any atom is 0.0561 e. The van der Waals surface area contributed by atoms with Crippen LogP contribution in [-0.4, -0.2) is 50.0 Å². The molecule has 0 aliphatic carbocycles. The number of ether oxygens (including phenoxy) is 1. The first-order valence-corrected chi connectivity index (χ1v) is 4.43. The van der Waals surface area contributed by atoms with Gasteiger partial charge < -0.3 is 14.7 Å². The van der Waals surface area contributed by atoms with Gasteiger partial charge >= 0.3 is 0 Å². The Labute approximate surface area is 75.3 Å². The topological polar surface area (TPSA) is 32.7 Å². The van der Waals surface area contributed by atoms with Crippen molar-refractivity contribution in [2.45, 2.75) is 31.9 Å². The lowest BCUT2D eigenvalue weighted by molar-refractivity contribution is -0.00673. The highest BCUT2D eigenvalue weighted by molar-refractivity contribution is 4.73. The molecule has 3 heteroatoms. The third-order valence-electron chi connectivity index (χ3n) is 2.19. The molecule has 1 saturated heterocycles. The normalized spacial score (nSPS) is 29.5. The van der Waals surface area contributed by atoms with Crippen LogP contribution < -0.4 is 0 Å². The van der Waals surface area contributed by atoms with Gasteiger partial charge in [0.2, 0.25) is 0 Å². The zero-order chi connectivity index (χ0) is 9.56. The maximum atomic E-state index is 7.00. The Morgan fingerprint density at radius 2 is 1.92 bits per heavy atom. The first kappa shape index (κ1) is 11.9. The minimum atomic E-state index is 0.459. The number of aliphatic hydroxyl groups excluding tert-OH is 1. The van der Waals surface area contributed by atoms with Crippen molar-refractivity contribution < 1.29 is 9.84 Å². The second kappa shape index (κ2) is 6.40. The average molecular weight is 175 g/mol. The van der Waals surface area contributed by atoms with Crippen molar-refractivity contribution >= 4 is 0 Å². The summed E-state index contributed by atoms with van der Waals surface area (Å²) in [6.07, 6.45) is 2.84. The Morgan fingerprint density at radius 3 is 2.25 bits per heavy atom. The molecule has 1 aliphatic heterocycles. The molecule has 0 saturated carbocycles. The first-order valence-electron chi connectivity index (χ1n) is 4.43. The third-order valence-corrected chi connectivity index (χ3v) is 2.19. The highest BCUT2D eigenvalue weighted by Crippen LogP contribution is 2.16. The smallest absolute Gasteiger partial charge is 0.0561 e. The van der Waals surface area contributed by atoms with Crippen molar-refractivity contribution in [3.05, 3.63) is 0 Å². The van der Waals surface area contributed by atoms with E-state index in [0.29, 0.717) is 6.10 Å². The second-order valence-electron chi connectivity index (χ2n) is 3.32. The van der Waals surface area contributed by atoms with E-state index in [-0.39, 0.29) is 0 Å². The first-order chi connectivity index (χ1) is 5.70. The third kappa shape index (κ3) is 4.04. The minimum absolute atomic E-state index is 0.459. The summed E-state index contributed by atoms with van der Waals surface area (Å²) in [4.78, 5) is 2.29. The van der Waals surface area contributed by atoms with E-state index >= 15 is 0 Å². The fraction of sp³-hybridized carbons (Fsp3) is 1.00. The van der Waals surface area contributed by atoms with Gasteiger partial charge in [0.1, 0.15) is 0 Å². The van der Waals surface area contributed by atoms with Crippen molar-refractivity contribution in [1.29, 1.82) is 0 Å². The molecule has 74 valence electrons. The van der Waals surface area contributed by atoms with Crippen LogP contribution in [0.5, 0.6) is 0 Å². The molecule has 0 unspecified atom stereocenters. The zero-order valence-corrected chi connectivity index (χ0v) is 8.58. The van der Waals surface area contributed by atoms with Crippen LogP contribution in [0, 0.1) is 0 Å². The molecule has 1 rings (SSSR count). The van der Waals surface area contributed by atoms with Gasteiger partial charge in [0.15, 0.2) is 0 Å². The van der Waals surface area contributed by atoms with E-state index in [2.05, 4.69) is 25.9 Å². The van der Waals surface area contributed by atoms with E-state index in [1.165, 1.54) is 12.8 Å². The summed E-state index contributed by atoms with van der Waals surface area (Å²) < 4.78 is 5.43. The molecule has 0 aromatic heterocycles. The van der Waals surface area contributed by atoms with Gasteiger partial charge in [-0.15, -0.1) is 0 Å². The van der Waals surface area contributed by atoms with Gasteiger partial charge in [-0.2, -0.15) is 0 Å². The van der Waals surface area contributed by atoms with Crippen molar-refractivity contribution in [3.8, 4) is 0 Å². The van der Waals surface area contributed by atoms with E-state index < -0.39 is 0 Å². The SMILES string of the molecule is CO.C[C@@H]1C[C@H](N(C)C)CCO1. The van der Waals surface area contributed by atoms with Crippen LogP contribution in [0.25, 0.3) is 0 Å². The molecule has 2 atom stereocenters. The molecule has 0 aromatic rings. The summed E-state index contributed by atoms with van der Waals surface area (Å²) in [6.45, 7) is 3.08. The molecule has 3 nitrogen and oxygen atoms in total. The quantitative estimate of drug-likeness (QED) is 0.637. The lowest BCUT2D eigenvalue weighted by Crippen LogP contribution is -2.37. The summed E-state index contributed by atoms with van der Waals surface area (Å²) >= 11 is 0. The highest BCUT2D eigenvalue weighted by Gasteiger charge is 2.20.